The molecule has 0 bridgehead atoms. The molecule has 3 fully saturated rings. The summed E-state index contributed by atoms with van der Waals surface area (Å²) in [5, 5.41) is 0. The van der Waals surface area contributed by atoms with E-state index in [0.717, 1.165) is 32.7 Å². The number of amides is 2. The second-order valence-corrected chi connectivity index (χ2v) is 6.15. The standard InChI is InChI=1S/C14H23N3O3/c1-10(18)17-7-11(8-17)14(19)16-4-3-13-12(9-16)15(2)5-6-20-13/h11-13H,3-9H2,1-2H3. The molecule has 0 radical (unpaired) electrons. The zero-order chi connectivity index (χ0) is 14.3. The molecule has 0 aromatic rings. The molecule has 3 rings (SSSR count). The largest absolute Gasteiger partial charge is 0.375 e. The first-order valence-electron chi connectivity index (χ1n) is 7.42. The van der Waals surface area contributed by atoms with Crippen molar-refractivity contribution in [3.8, 4) is 0 Å². The number of piperidine rings is 1. The van der Waals surface area contributed by atoms with Gasteiger partial charge in [-0.1, -0.05) is 0 Å². The molecule has 6 nitrogen and oxygen atoms in total. The van der Waals surface area contributed by atoms with Crippen molar-refractivity contribution in [3.05, 3.63) is 0 Å². The monoisotopic (exact) mass is 281 g/mol. The molecule has 2 amide bonds. The molecule has 0 N–H and O–H groups in total. The number of hydrogen-bond acceptors (Lipinski definition) is 4. The number of carbonyl (C=O) groups is 2. The van der Waals surface area contributed by atoms with E-state index in [0.29, 0.717) is 19.1 Å². The van der Waals surface area contributed by atoms with Crippen molar-refractivity contribution in [3.63, 3.8) is 0 Å². The van der Waals surface area contributed by atoms with Crippen LogP contribution in [-0.2, 0) is 14.3 Å². The number of morpholine rings is 1. The van der Waals surface area contributed by atoms with E-state index in [2.05, 4.69) is 11.9 Å². The lowest BCUT2D eigenvalue weighted by Gasteiger charge is -2.47. The Morgan fingerprint density at radius 2 is 1.85 bits per heavy atom. The summed E-state index contributed by atoms with van der Waals surface area (Å²) in [5.41, 5.74) is 0. The van der Waals surface area contributed by atoms with E-state index >= 15 is 0 Å². The molecule has 2 unspecified atom stereocenters. The van der Waals surface area contributed by atoms with Crippen LogP contribution in [0.15, 0.2) is 0 Å². The van der Waals surface area contributed by atoms with Gasteiger partial charge in [-0.2, -0.15) is 0 Å². The molecule has 6 heteroatoms. The molecular formula is C14H23N3O3. The Hall–Kier alpha value is -1.14. The predicted octanol–water partition coefficient (Wildman–Crippen LogP) is -0.604. The molecule has 3 aliphatic rings. The minimum absolute atomic E-state index is 0.00488. The summed E-state index contributed by atoms with van der Waals surface area (Å²) < 4.78 is 5.80. The van der Waals surface area contributed by atoms with Gasteiger partial charge in [0, 0.05) is 39.6 Å². The third kappa shape index (κ3) is 2.42. The lowest BCUT2D eigenvalue weighted by molar-refractivity contribution is -0.153. The van der Waals surface area contributed by atoms with Crippen LogP contribution in [0.25, 0.3) is 0 Å². The summed E-state index contributed by atoms with van der Waals surface area (Å²) in [6.45, 7) is 6.00. The summed E-state index contributed by atoms with van der Waals surface area (Å²) in [6, 6.07) is 0.324. The quantitative estimate of drug-likeness (QED) is 0.644. The van der Waals surface area contributed by atoms with Gasteiger partial charge in [0.25, 0.3) is 0 Å². The van der Waals surface area contributed by atoms with Gasteiger partial charge in [0.05, 0.1) is 24.7 Å². The van der Waals surface area contributed by atoms with Crippen molar-refractivity contribution >= 4 is 11.8 Å². The number of carbonyl (C=O) groups excluding carboxylic acids is 2. The topological polar surface area (TPSA) is 53.1 Å². The summed E-state index contributed by atoms with van der Waals surface area (Å²) in [7, 11) is 2.11. The summed E-state index contributed by atoms with van der Waals surface area (Å²) in [4.78, 5) is 29.6. The van der Waals surface area contributed by atoms with Gasteiger partial charge >= 0.3 is 0 Å². The lowest BCUT2D eigenvalue weighted by Crippen LogP contribution is -2.62. The highest BCUT2D eigenvalue weighted by Crippen LogP contribution is 2.25. The number of fused-ring (bicyclic) bond motifs is 1. The van der Waals surface area contributed by atoms with Crippen LogP contribution >= 0.6 is 0 Å². The molecule has 2 atom stereocenters. The maximum Gasteiger partial charge on any atom is 0.229 e. The van der Waals surface area contributed by atoms with Gasteiger partial charge in [-0.3, -0.25) is 14.5 Å². The van der Waals surface area contributed by atoms with E-state index in [1.54, 1.807) is 11.8 Å². The van der Waals surface area contributed by atoms with Crippen LogP contribution in [0.3, 0.4) is 0 Å². The van der Waals surface area contributed by atoms with Crippen molar-refractivity contribution in [1.29, 1.82) is 0 Å². The fourth-order valence-electron chi connectivity index (χ4n) is 3.39. The molecule has 0 aliphatic carbocycles. The number of likely N-dealkylation sites (N-methyl/N-ethyl adjacent to an activating group) is 1. The predicted molar refractivity (Wildman–Crippen MR) is 73.1 cm³/mol. The first-order valence-corrected chi connectivity index (χ1v) is 7.42. The molecule has 0 aromatic heterocycles. The van der Waals surface area contributed by atoms with Crippen LogP contribution in [0.4, 0.5) is 0 Å². The third-order valence-corrected chi connectivity index (χ3v) is 4.85. The first-order chi connectivity index (χ1) is 9.56. The lowest BCUT2D eigenvalue weighted by atomic mass is 9.94. The van der Waals surface area contributed by atoms with Crippen LogP contribution in [0.5, 0.6) is 0 Å². The van der Waals surface area contributed by atoms with Gasteiger partial charge in [0.15, 0.2) is 0 Å². The second-order valence-electron chi connectivity index (χ2n) is 6.15. The third-order valence-electron chi connectivity index (χ3n) is 4.85. The zero-order valence-electron chi connectivity index (χ0n) is 12.2. The van der Waals surface area contributed by atoms with Crippen molar-refractivity contribution in [2.24, 2.45) is 5.92 Å². The van der Waals surface area contributed by atoms with E-state index in [1.165, 1.54) is 0 Å². The van der Waals surface area contributed by atoms with Crippen molar-refractivity contribution in [1.82, 2.24) is 14.7 Å². The van der Waals surface area contributed by atoms with E-state index < -0.39 is 0 Å². The fraction of sp³-hybridized carbons (Fsp3) is 0.857. The second kappa shape index (κ2) is 5.33. The minimum atomic E-state index is 0.00488. The Morgan fingerprint density at radius 1 is 1.10 bits per heavy atom. The highest BCUT2D eigenvalue weighted by Gasteiger charge is 2.41. The first kappa shape index (κ1) is 13.8. The average molecular weight is 281 g/mol. The molecule has 0 spiro atoms. The van der Waals surface area contributed by atoms with Crippen LogP contribution in [0.1, 0.15) is 13.3 Å². The number of ether oxygens (including phenoxy) is 1. The van der Waals surface area contributed by atoms with Gasteiger partial charge in [-0.05, 0) is 13.5 Å². The summed E-state index contributed by atoms with van der Waals surface area (Å²) >= 11 is 0. The van der Waals surface area contributed by atoms with Crippen LogP contribution < -0.4 is 0 Å². The van der Waals surface area contributed by atoms with Crippen LogP contribution in [-0.4, -0.2) is 85.0 Å². The van der Waals surface area contributed by atoms with E-state index in [-0.39, 0.29) is 23.8 Å². The molecule has 3 aliphatic heterocycles. The van der Waals surface area contributed by atoms with E-state index in [1.807, 2.05) is 4.90 Å². The molecule has 20 heavy (non-hydrogen) atoms. The maximum atomic E-state index is 12.5. The molecule has 3 heterocycles. The molecule has 0 saturated carbocycles. The maximum absolute atomic E-state index is 12.5. The highest BCUT2D eigenvalue weighted by molar-refractivity contribution is 5.83. The summed E-state index contributed by atoms with van der Waals surface area (Å²) in [5.74, 6) is 0.276. The average Bonchev–Trinajstić information content (AvgIpc) is 2.36. The van der Waals surface area contributed by atoms with Gasteiger partial charge in [-0.15, -0.1) is 0 Å². The Labute approximate surface area is 119 Å². The molecule has 3 saturated heterocycles. The van der Waals surface area contributed by atoms with Crippen molar-refractivity contribution in [2.75, 3.05) is 46.4 Å². The number of likely N-dealkylation sites (tertiary alicyclic amines) is 2. The van der Waals surface area contributed by atoms with Crippen LogP contribution in [0, 0.1) is 5.92 Å². The Balaban J connectivity index is 1.56. The van der Waals surface area contributed by atoms with Gasteiger partial charge in [-0.25, -0.2) is 0 Å². The number of rotatable bonds is 1. The van der Waals surface area contributed by atoms with E-state index in [9.17, 15) is 9.59 Å². The van der Waals surface area contributed by atoms with Crippen molar-refractivity contribution < 1.29 is 14.3 Å². The number of nitrogens with zero attached hydrogens (tertiary/aromatic N) is 3. The highest BCUT2D eigenvalue weighted by atomic mass is 16.5. The number of hydrogen-bond donors (Lipinski definition) is 0. The van der Waals surface area contributed by atoms with Crippen molar-refractivity contribution in [2.45, 2.75) is 25.5 Å². The fourth-order valence-corrected chi connectivity index (χ4v) is 3.39. The van der Waals surface area contributed by atoms with Gasteiger partial charge in [0.1, 0.15) is 0 Å². The van der Waals surface area contributed by atoms with E-state index in [4.69, 9.17) is 4.74 Å². The minimum Gasteiger partial charge on any atom is -0.375 e. The Bertz CT molecular complexity index is 408. The SMILES string of the molecule is CC(=O)N1CC(C(=O)N2CCC3OCCN(C)C3C2)C1. The Kier molecular flexibility index (Phi) is 3.69. The summed E-state index contributed by atoms with van der Waals surface area (Å²) in [6.07, 6.45) is 1.19. The van der Waals surface area contributed by atoms with Gasteiger partial charge in [0.2, 0.25) is 11.8 Å². The molecular weight excluding hydrogens is 258 g/mol. The Morgan fingerprint density at radius 3 is 2.55 bits per heavy atom. The normalized spacial score (nSPS) is 31.7. The van der Waals surface area contributed by atoms with Gasteiger partial charge < -0.3 is 14.5 Å². The zero-order valence-corrected chi connectivity index (χ0v) is 12.2. The molecule has 0 aromatic carbocycles. The van der Waals surface area contributed by atoms with Crippen LogP contribution in [0.2, 0.25) is 0 Å². The molecule has 112 valence electrons. The smallest absolute Gasteiger partial charge is 0.229 e.